The Hall–Kier alpha value is -1.40. The molecule has 0 fully saturated rings. The number of nitrogens with zero attached hydrogens (tertiary/aromatic N) is 4. The quantitative estimate of drug-likeness (QED) is 0.597. The summed E-state index contributed by atoms with van der Waals surface area (Å²) in [6.07, 6.45) is 1.73. The van der Waals surface area contributed by atoms with Crippen LogP contribution >= 0.6 is 34.5 Å². The second-order valence-electron chi connectivity index (χ2n) is 4.67. The monoisotopic (exact) mass is 461 g/mol. The first-order valence-electron chi connectivity index (χ1n) is 6.42. The van der Waals surface area contributed by atoms with Crippen LogP contribution in [-0.4, -0.2) is 33.8 Å². The molecule has 23 heavy (non-hydrogen) atoms. The van der Waals surface area contributed by atoms with Crippen LogP contribution in [0.2, 0.25) is 0 Å². The van der Waals surface area contributed by atoms with Crippen molar-refractivity contribution in [3.63, 3.8) is 0 Å². The molecule has 0 amide bonds. The Morgan fingerprint density at radius 3 is 2.43 bits per heavy atom. The Kier molecular flexibility index (Phi) is 4.23. The highest BCUT2D eigenvalue weighted by atomic mass is 127. The lowest BCUT2D eigenvalue weighted by Gasteiger charge is -2.06. The van der Waals surface area contributed by atoms with E-state index in [1.807, 2.05) is 0 Å². The molecule has 2 aromatic heterocycles. The Morgan fingerprint density at radius 1 is 1.17 bits per heavy atom. The Balaban J connectivity index is 2.36. The van der Waals surface area contributed by atoms with Crippen molar-refractivity contribution in [1.29, 1.82) is 0 Å². The van der Waals surface area contributed by atoms with E-state index in [-0.39, 0.29) is 26.8 Å². The molecule has 3 aromatic rings. The molecule has 10 heteroatoms. The van der Waals surface area contributed by atoms with Gasteiger partial charge in [-0.3, -0.25) is 0 Å². The lowest BCUT2D eigenvalue weighted by molar-refractivity contribution is 0.591. The van der Waals surface area contributed by atoms with Crippen molar-refractivity contribution in [2.45, 2.75) is 16.8 Å². The molecular formula is C13H12IN5O2S2. The summed E-state index contributed by atoms with van der Waals surface area (Å²) < 4.78 is 28.4. The lowest BCUT2D eigenvalue weighted by atomic mass is 10.4. The Morgan fingerprint density at radius 2 is 1.83 bits per heavy atom. The number of sulfone groups is 1. The number of rotatable bonds is 3. The molecule has 3 rings (SSSR count). The first kappa shape index (κ1) is 16.5. The average Bonchev–Trinajstić information content (AvgIpc) is 2.87. The van der Waals surface area contributed by atoms with Gasteiger partial charge >= 0.3 is 0 Å². The molecule has 7 nitrogen and oxygen atoms in total. The molecule has 0 spiro atoms. The highest BCUT2D eigenvalue weighted by molar-refractivity contribution is 14.1. The molecule has 0 saturated heterocycles. The molecule has 0 aliphatic heterocycles. The number of aryl methyl sites for hydroxylation is 1. The summed E-state index contributed by atoms with van der Waals surface area (Å²) in [5, 5.41) is 4.24. The SMILES string of the molecule is CSn1nc2c(N)nc(C)nc2c1S(=O)(=O)c1ccc(I)cc1. The zero-order valence-corrected chi connectivity index (χ0v) is 16.0. The summed E-state index contributed by atoms with van der Waals surface area (Å²) in [6.45, 7) is 1.66. The van der Waals surface area contributed by atoms with E-state index in [1.54, 1.807) is 37.4 Å². The number of fused-ring (bicyclic) bond motifs is 1. The maximum atomic E-state index is 13.0. The van der Waals surface area contributed by atoms with Crippen molar-refractivity contribution >= 4 is 61.2 Å². The molecule has 0 aliphatic carbocycles. The predicted octanol–water partition coefficient (Wildman–Crippen LogP) is 2.28. The summed E-state index contributed by atoms with van der Waals surface area (Å²) in [5.41, 5.74) is 6.39. The van der Waals surface area contributed by atoms with Crippen molar-refractivity contribution in [3.8, 4) is 0 Å². The number of hydrogen-bond donors (Lipinski definition) is 1. The van der Waals surface area contributed by atoms with Gasteiger partial charge < -0.3 is 5.73 Å². The zero-order chi connectivity index (χ0) is 16.8. The van der Waals surface area contributed by atoms with E-state index in [1.165, 1.54) is 4.09 Å². The molecule has 120 valence electrons. The number of nitrogens with two attached hydrogens (primary N) is 1. The van der Waals surface area contributed by atoms with Crippen LogP contribution in [-0.2, 0) is 9.84 Å². The third-order valence-corrected chi connectivity index (χ3v) is 6.35. The first-order chi connectivity index (χ1) is 10.8. The molecular weight excluding hydrogens is 449 g/mol. The third-order valence-electron chi connectivity index (χ3n) is 3.14. The predicted molar refractivity (Wildman–Crippen MR) is 98.0 cm³/mol. The Bertz CT molecular complexity index is 999. The molecule has 2 heterocycles. The van der Waals surface area contributed by atoms with Gasteiger partial charge in [-0.2, -0.15) is 9.19 Å². The van der Waals surface area contributed by atoms with Gasteiger partial charge in [0.25, 0.3) is 0 Å². The number of halogens is 1. The standard InChI is InChI=1S/C13H12IN5O2S2/c1-7-16-11-10(12(15)17-7)18-19(22-2)13(11)23(20,21)9-5-3-8(14)4-6-9/h3-6H,1-2H3,(H2,15,16,17). The first-order valence-corrected chi connectivity index (χ1v) is 10.2. The van der Waals surface area contributed by atoms with Gasteiger partial charge in [-0.25, -0.2) is 18.4 Å². The van der Waals surface area contributed by atoms with Gasteiger partial charge in [0.1, 0.15) is 11.3 Å². The number of anilines is 1. The van der Waals surface area contributed by atoms with Gasteiger partial charge in [-0.15, -0.1) is 0 Å². The second-order valence-corrected chi connectivity index (χ2v) is 8.49. The molecule has 0 radical (unpaired) electrons. The van der Waals surface area contributed by atoms with Gasteiger partial charge in [0.15, 0.2) is 16.4 Å². The van der Waals surface area contributed by atoms with E-state index < -0.39 is 9.84 Å². The third kappa shape index (κ3) is 2.78. The zero-order valence-electron chi connectivity index (χ0n) is 12.2. The molecule has 0 aliphatic rings. The fourth-order valence-corrected chi connectivity index (χ4v) is 4.80. The van der Waals surface area contributed by atoms with Crippen LogP contribution in [0, 0.1) is 10.5 Å². The number of nitrogen functional groups attached to an aromatic ring is 1. The molecule has 0 unspecified atom stereocenters. The van der Waals surface area contributed by atoms with Gasteiger partial charge in [0.05, 0.1) is 4.90 Å². The number of benzene rings is 1. The van der Waals surface area contributed by atoms with Crippen LogP contribution in [0.3, 0.4) is 0 Å². The number of aromatic nitrogens is 4. The molecule has 1 aromatic carbocycles. The highest BCUT2D eigenvalue weighted by Gasteiger charge is 2.29. The molecule has 0 atom stereocenters. The van der Waals surface area contributed by atoms with Crippen molar-refractivity contribution < 1.29 is 8.42 Å². The van der Waals surface area contributed by atoms with E-state index in [4.69, 9.17) is 5.73 Å². The van der Waals surface area contributed by atoms with Crippen LogP contribution < -0.4 is 5.73 Å². The minimum absolute atomic E-state index is 0.0124. The molecule has 2 N–H and O–H groups in total. The smallest absolute Gasteiger partial charge is 0.226 e. The van der Waals surface area contributed by atoms with Crippen molar-refractivity contribution in [2.75, 3.05) is 12.0 Å². The fourth-order valence-electron chi connectivity index (χ4n) is 2.14. The summed E-state index contributed by atoms with van der Waals surface area (Å²) in [6, 6.07) is 6.62. The van der Waals surface area contributed by atoms with Crippen molar-refractivity contribution in [2.24, 2.45) is 0 Å². The minimum Gasteiger partial charge on any atom is -0.382 e. The van der Waals surface area contributed by atoms with Gasteiger partial charge in [-0.1, -0.05) is 0 Å². The van der Waals surface area contributed by atoms with E-state index in [9.17, 15) is 8.42 Å². The van der Waals surface area contributed by atoms with Gasteiger partial charge in [-0.05, 0) is 65.7 Å². The largest absolute Gasteiger partial charge is 0.382 e. The summed E-state index contributed by atoms with van der Waals surface area (Å²) in [4.78, 5) is 8.47. The van der Waals surface area contributed by atoms with Gasteiger partial charge in [0.2, 0.25) is 9.84 Å². The molecule has 0 saturated carbocycles. The van der Waals surface area contributed by atoms with Crippen LogP contribution in [0.4, 0.5) is 5.82 Å². The number of hydrogen-bond acceptors (Lipinski definition) is 7. The minimum atomic E-state index is -3.78. The second kappa shape index (κ2) is 5.91. The van der Waals surface area contributed by atoms with E-state index in [0.717, 1.165) is 15.5 Å². The Labute approximate surface area is 150 Å². The highest BCUT2D eigenvalue weighted by Crippen LogP contribution is 2.31. The summed E-state index contributed by atoms with van der Waals surface area (Å²) >= 11 is 3.28. The lowest BCUT2D eigenvalue weighted by Crippen LogP contribution is -2.08. The fraction of sp³-hybridized carbons (Fsp3) is 0.154. The van der Waals surface area contributed by atoms with E-state index in [0.29, 0.717) is 5.82 Å². The normalized spacial score (nSPS) is 12.0. The van der Waals surface area contributed by atoms with Crippen LogP contribution in [0.15, 0.2) is 34.2 Å². The van der Waals surface area contributed by atoms with Crippen LogP contribution in [0.5, 0.6) is 0 Å². The average molecular weight is 461 g/mol. The van der Waals surface area contributed by atoms with Crippen LogP contribution in [0.1, 0.15) is 5.82 Å². The van der Waals surface area contributed by atoms with E-state index in [2.05, 4.69) is 37.7 Å². The topological polar surface area (TPSA) is 104 Å². The maximum absolute atomic E-state index is 13.0. The van der Waals surface area contributed by atoms with Crippen molar-refractivity contribution in [3.05, 3.63) is 33.7 Å². The summed E-state index contributed by atoms with van der Waals surface area (Å²) in [7, 11) is -3.78. The van der Waals surface area contributed by atoms with Crippen molar-refractivity contribution in [1.82, 2.24) is 19.2 Å². The van der Waals surface area contributed by atoms with E-state index >= 15 is 0 Å². The van der Waals surface area contributed by atoms with Gasteiger partial charge in [0, 0.05) is 9.83 Å². The maximum Gasteiger partial charge on any atom is 0.226 e. The van der Waals surface area contributed by atoms with Crippen LogP contribution in [0.25, 0.3) is 11.0 Å². The summed E-state index contributed by atoms with van der Waals surface area (Å²) in [5.74, 6) is 0.564. The molecule has 0 bridgehead atoms.